The van der Waals surface area contributed by atoms with Gasteiger partial charge in [0, 0.05) is 0 Å². The minimum atomic E-state index is -0.216. The van der Waals surface area contributed by atoms with E-state index in [1.165, 1.54) is 11.1 Å². The molecule has 142 valence electrons. The van der Waals surface area contributed by atoms with Crippen LogP contribution in [0, 0.1) is 0 Å². The summed E-state index contributed by atoms with van der Waals surface area (Å²) >= 11 is 5.39. The predicted molar refractivity (Wildman–Crippen MR) is 112 cm³/mol. The normalized spacial score (nSPS) is 16.3. The molecule has 0 aromatic heterocycles. The number of fused-ring (bicyclic) bond motifs is 1. The number of esters is 1. The molecule has 0 bridgehead atoms. The van der Waals surface area contributed by atoms with Crippen molar-refractivity contribution in [2.75, 3.05) is 13.2 Å². The Hall–Kier alpha value is -2.40. The molecule has 0 heterocycles. The lowest BCUT2D eigenvalue weighted by Gasteiger charge is -2.18. The molecule has 0 radical (unpaired) electrons. The Morgan fingerprint density at radius 1 is 1.19 bits per heavy atom. The lowest BCUT2D eigenvalue weighted by atomic mass is 9.97. The SMILES string of the molecule is CCC(C(=O)OCCNC(=S)NC1CCc2ccccc21)c1ccccc1. The van der Waals surface area contributed by atoms with E-state index in [1.54, 1.807) is 0 Å². The molecule has 0 amide bonds. The van der Waals surface area contributed by atoms with Crippen molar-refractivity contribution < 1.29 is 9.53 Å². The minimum Gasteiger partial charge on any atom is -0.463 e. The quantitative estimate of drug-likeness (QED) is 0.432. The van der Waals surface area contributed by atoms with Crippen LogP contribution in [0.5, 0.6) is 0 Å². The first-order valence-electron chi connectivity index (χ1n) is 9.52. The second kappa shape index (κ2) is 9.51. The lowest BCUT2D eigenvalue weighted by molar-refractivity contribution is -0.145. The molecule has 2 aromatic carbocycles. The van der Waals surface area contributed by atoms with E-state index in [0.717, 1.165) is 24.8 Å². The lowest BCUT2D eigenvalue weighted by Crippen LogP contribution is -2.39. The van der Waals surface area contributed by atoms with E-state index in [9.17, 15) is 4.79 Å². The summed E-state index contributed by atoms with van der Waals surface area (Å²) in [4.78, 5) is 12.3. The molecule has 2 aromatic rings. The Morgan fingerprint density at radius 3 is 2.70 bits per heavy atom. The zero-order chi connectivity index (χ0) is 19.1. The summed E-state index contributed by atoms with van der Waals surface area (Å²) in [7, 11) is 0. The van der Waals surface area contributed by atoms with Crippen molar-refractivity contribution in [1.82, 2.24) is 10.6 Å². The van der Waals surface area contributed by atoms with E-state index in [4.69, 9.17) is 17.0 Å². The monoisotopic (exact) mass is 382 g/mol. The highest BCUT2D eigenvalue weighted by molar-refractivity contribution is 7.80. The van der Waals surface area contributed by atoms with Crippen LogP contribution in [0.25, 0.3) is 0 Å². The van der Waals surface area contributed by atoms with Crippen LogP contribution in [0.4, 0.5) is 0 Å². The van der Waals surface area contributed by atoms with Crippen LogP contribution in [0.1, 0.15) is 48.4 Å². The fourth-order valence-corrected chi connectivity index (χ4v) is 3.80. The zero-order valence-electron chi connectivity index (χ0n) is 15.6. The van der Waals surface area contributed by atoms with Crippen LogP contribution >= 0.6 is 12.2 Å². The second-order valence-electron chi connectivity index (χ2n) is 6.73. The number of aryl methyl sites for hydroxylation is 1. The zero-order valence-corrected chi connectivity index (χ0v) is 16.4. The summed E-state index contributed by atoms with van der Waals surface area (Å²) in [5.74, 6) is -0.402. The largest absolute Gasteiger partial charge is 0.463 e. The molecule has 3 rings (SSSR count). The Kier molecular flexibility index (Phi) is 6.82. The molecular weight excluding hydrogens is 356 g/mol. The van der Waals surface area contributed by atoms with Gasteiger partial charge in [-0.25, -0.2) is 0 Å². The number of benzene rings is 2. The van der Waals surface area contributed by atoms with E-state index in [2.05, 4.69) is 34.9 Å². The average Bonchev–Trinajstić information content (AvgIpc) is 3.10. The van der Waals surface area contributed by atoms with Crippen LogP contribution in [-0.4, -0.2) is 24.2 Å². The molecule has 2 unspecified atom stereocenters. The molecule has 2 N–H and O–H groups in total. The fourth-order valence-electron chi connectivity index (χ4n) is 3.56. The molecule has 2 atom stereocenters. The second-order valence-corrected chi connectivity index (χ2v) is 7.14. The van der Waals surface area contributed by atoms with Crippen molar-refractivity contribution in [3.8, 4) is 0 Å². The summed E-state index contributed by atoms with van der Waals surface area (Å²) in [6.07, 6.45) is 2.84. The van der Waals surface area contributed by atoms with Crippen LogP contribution in [0.2, 0.25) is 0 Å². The molecule has 0 spiro atoms. The molecule has 4 nitrogen and oxygen atoms in total. The minimum absolute atomic E-state index is 0.186. The van der Waals surface area contributed by atoms with Gasteiger partial charge in [-0.15, -0.1) is 0 Å². The van der Waals surface area contributed by atoms with Crippen molar-refractivity contribution in [3.63, 3.8) is 0 Å². The highest BCUT2D eigenvalue weighted by Crippen LogP contribution is 2.30. The van der Waals surface area contributed by atoms with Gasteiger partial charge in [-0.05, 0) is 48.2 Å². The maximum atomic E-state index is 12.3. The van der Waals surface area contributed by atoms with E-state index >= 15 is 0 Å². The molecule has 27 heavy (non-hydrogen) atoms. The molecule has 0 saturated carbocycles. The number of nitrogens with one attached hydrogen (secondary N) is 2. The van der Waals surface area contributed by atoms with E-state index in [0.29, 0.717) is 18.3 Å². The summed E-state index contributed by atoms with van der Waals surface area (Å²) in [5, 5.41) is 7.10. The van der Waals surface area contributed by atoms with Crippen molar-refractivity contribution in [1.29, 1.82) is 0 Å². The first kappa shape index (κ1) is 19.4. The molecule has 1 aliphatic rings. The highest BCUT2D eigenvalue weighted by Gasteiger charge is 2.22. The summed E-state index contributed by atoms with van der Waals surface area (Å²) in [6.45, 7) is 2.79. The molecular formula is C22H26N2O2S. The third-order valence-corrected chi connectivity index (χ3v) is 5.23. The number of hydrogen-bond donors (Lipinski definition) is 2. The van der Waals surface area contributed by atoms with E-state index in [-0.39, 0.29) is 17.9 Å². The van der Waals surface area contributed by atoms with Gasteiger partial charge in [0.25, 0.3) is 0 Å². The van der Waals surface area contributed by atoms with Crippen LogP contribution in [0.3, 0.4) is 0 Å². The van der Waals surface area contributed by atoms with Gasteiger partial charge in [0.15, 0.2) is 5.11 Å². The van der Waals surface area contributed by atoms with Gasteiger partial charge in [-0.3, -0.25) is 4.79 Å². The predicted octanol–water partition coefficient (Wildman–Crippen LogP) is 3.88. The van der Waals surface area contributed by atoms with Crippen molar-refractivity contribution in [2.24, 2.45) is 0 Å². The molecule has 0 aliphatic heterocycles. The maximum Gasteiger partial charge on any atom is 0.313 e. The third-order valence-electron chi connectivity index (χ3n) is 4.96. The number of thiocarbonyl (C=S) groups is 1. The van der Waals surface area contributed by atoms with Gasteiger partial charge >= 0.3 is 5.97 Å². The van der Waals surface area contributed by atoms with Gasteiger partial charge < -0.3 is 15.4 Å². The van der Waals surface area contributed by atoms with E-state index in [1.807, 2.05) is 37.3 Å². The highest BCUT2D eigenvalue weighted by atomic mass is 32.1. The third kappa shape index (κ3) is 5.07. The molecule has 1 aliphatic carbocycles. The average molecular weight is 383 g/mol. The first-order valence-corrected chi connectivity index (χ1v) is 9.93. The first-order chi connectivity index (χ1) is 13.2. The van der Waals surface area contributed by atoms with Crippen LogP contribution in [0.15, 0.2) is 54.6 Å². The molecule has 0 saturated heterocycles. The number of carbonyl (C=O) groups excluding carboxylic acids is 1. The number of rotatable bonds is 7. The summed E-state index contributed by atoms with van der Waals surface area (Å²) in [6, 6.07) is 18.5. The molecule has 0 fully saturated rings. The van der Waals surface area contributed by atoms with Crippen LogP contribution < -0.4 is 10.6 Å². The maximum absolute atomic E-state index is 12.3. The number of carbonyl (C=O) groups is 1. The summed E-state index contributed by atoms with van der Waals surface area (Å²) in [5.41, 5.74) is 3.70. The fraction of sp³-hybridized carbons (Fsp3) is 0.364. The van der Waals surface area contributed by atoms with Crippen molar-refractivity contribution >= 4 is 23.3 Å². The Morgan fingerprint density at radius 2 is 1.93 bits per heavy atom. The van der Waals surface area contributed by atoms with Gasteiger partial charge in [0.2, 0.25) is 0 Å². The van der Waals surface area contributed by atoms with Gasteiger partial charge in [-0.2, -0.15) is 0 Å². The topological polar surface area (TPSA) is 50.4 Å². The standard InChI is InChI=1S/C22H26N2O2S/c1-2-18(16-8-4-3-5-9-16)21(25)26-15-14-23-22(27)24-20-13-12-17-10-6-7-11-19(17)20/h3-11,18,20H,2,12-15H2,1H3,(H2,23,24,27). The van der Waals surface area contributed by atoms with Crippen molar-refractivity contribution in [2.45, 2.75) is 38.1 Å². The smallest absolute Gasteiger partial charge is 0.313 e. The number of hydrogen-bond acceptors (Lipinski definition) is 3. The summed E-state index contributed by atoms with van der Waals surface area (Å²) < 4.78 is 5.44. The van der Waals surface area contributed by atoms with Crippen molar-refractivity contribution in [3.05, 3.63) is 71.3 Å². The van der Waals surface area contributed by atoms with Crippen LogP contribution in [-0.2, 0) is 16.0 Å². The van der Waals surface area contributed by atoms with E-state index < -0.39 is 0 Å². The Bertz CT molecular complexity index is 779. The number of ether oxygens (including phenoxy) is 1. The Balaban J connectivity index is 1.40. The van der Waals surface area contributed by atoms with Gasteiger partial charge in [0.05, 0.1) is 18.5 Å². The Labute approximate surface area is 166 Å². The molecule has 5 heteroatoms. The van der Waals surface area contributed by atoms with Gasteiger partial charge in [0.1, 0.15) is 6.61 Å². The van der Waals surface area contributed by atoms with Gasteiger partial charge in [-0.1, -0.05) is 61.5 Å².